The van der Waals surface area contributed by atoms with Crippen molar-refractivity contribution in [1.82, 2.24) is 0 Å². The van der Waals surface area contributed by atoms with Gasteiger partial charge in [0, 0.05) is 18.3 Å². The van der Waals surface area contributed by atoms with Crippen molar-refractivity contribution in [2.24, 2.45) is 17.8 Å². The van der Waals surface area contributed by atoms with E-state index in [0.29, 0.717) is 22.4 Å². The molecule has 38 heavy (non-hydrogen) atoms. The summed E-state index contributed by atoms with van der Waals surface area (Å²) in [4.78, 5) is 13.1. The molecule has 1 amide bonds. The molecule has 3 aromatic rings. The van der Waals surface area contributed by atoms with Crippen LogP contribution in [0.1, 0.15) is 54.4 Å². The van der Waals surface area contributed by atoms with Crippen LogP contribution in [0.2, 0.25) is 0 Å². The average molecular weight is 531 g/mol. The molecule has 7 rings (SSSR count). The Balaban J connectivity index is 1.12. The van der Waals surface area contributed by atoms with Crippen LogP contribution in [-0.4, -0.2) is 28.5 Å². The van der Waals surface area contributed by atoms with Gasteiger partial charge in [-0.05, 0) is 128 Å². The lowest BCUT2D eigenvalue weighted by molar-refractivity contribution is -0.00518. The number of nitrogens with one attached hydrogen (secondary N) is 1. The second-order valence-corrected chi connectivity index (χ2v) is 13.4. The minimum atomic E-state index is -3.74. The quantitative estimate of drug-likeness (QED) is 0.392. The van der Waals surface area contributed by atoms with E-state index in [1.807, 2.05) is 12.1 Å². The van der Waals surface area contributed by atoms with Gasteiger partial charge in [-0.25, -0.2) is 8.42 Å². The zero-order valence-electron chi connectivity index (χ0n) is 21.9. The van der Waals surface area contributed by atoms with E-state index in [-0.39, 0.29) is 10.8 Å². The molecule has 4 aliphatic rings. The number of carbonyl (C=O) groups excluding carboxylic acids is 1. The van der Waals surface area contributed by atoms with Gasteiger partial charge in [0.15, 0.2) is 0 Å². The van der Waals surface area contributed by atoms with E-state index >= 15 is 0 Å². The minimum absolute atomic E-state index is 0.166. The molecule has 4 saturated carbocycles. The van der Waals surface area contributed by atoms with Crippen LogP contribution >= 0.6 is 0 Å². The van der Waals surface area contributed by atoms with Crippen LogP contribution in [0.3, 0.4) is 0 Å². The maximum atomic E-state index is 13.0. The van der Waals surface area contributed by atoms with E-state index in [1.165, 1.54) is 74.7 Å². The molecule has 1 N–H and O–H groups in total. The topological polar surface area (TPSA) is 75.7 Å². The van der Waals surface area contributed by atoms with Crippen LogP contribution < -0.4 is 14.4 Å². The number of carbonyl (C=O) groups is 1. The molecule has 0 aliphatic heterocycles. The zero-order valence-corrected chi connectivity index (χ0v) is 22.7. The van der Waals surface area contributed by atoms with E-state index in [4.69, 9.17) is 4.74 Å². The van der Waals surface area contributed by atoms with E-state index in [9.17, 15) is 13.2 Å². The predicted molar refractivity (Wildman–Crippen MR) is 149 cm³/mol. The summed E-state index contributed by atoms with van der Waals surface area (Å²) in [6, 6.07) is 21.3. The Morgan fingerprint density at radius 2 is 1.39 bits per heavy atom. The summed E-state index contributed by atoms with van der Waals surface area (Å²) in [5.74, 6) is 3.06. The fourth-order valence-corrected chi connectivity index (χ4v) is 8.64. The largest absolute Gasteiger partial charge is 0.497 e. The molecule has 198 valence electrons. The number of nitrogens with zero attached hydrogens (tertiary/aromatic N) is 1. The first-order chi connectivity index (χ1) is 18.3. The van der Waals surface area contributed by atoms with Gasteiger partial charge >= 0.3 is 0 Å². The summed E-state index contributed by atoms with van der Waals surface area (Å²) in [6.45, 7) is 0. The first kappa shape index (κ1) is 25.0. The first-order valence-electron chi connectivity index (χ1n) is 13.4. The molecule has 0 heterocycles. The molecule has 3 aromatic carbocycles. The summed E-state index contributed by atoms with van der Waals surface area (Å²) in [5, 5.41) is 2.99. The Bertz CT molecular complexity index is 1400. The molecule has 4 aliphatic carbocycles. The molecule has 6 nitrogen and oxygen atoms in total. The van der Waals surface area contributed by atoms with Crippen LogP contribution in [0.25, 0.3) is 0 Å². The van der Waals surface area contributed by atoms with Crippen molar-refractivity contribution in [3.8, 4) is 5.75 Å². The maximum absolute atomic E-state index is 13.0. The predicted octanol–water partition coefficient (Wildman–Crippen LogP) is 6.24. The number of hydrogen-bond donors (Lipinski definition) is 1. The fourth-order valence-electron chi connectivity index (χ4n) is 7.44. The van der Waals surface area contributed by atoms with Crippen LogP contribution in [0.5, 0.6) is 5.75 Å². The standard InChI is InChI=1S/C31H34N2O4S/c1-33(38(35,36)29-13-11-28(37-2)12-14-29)27-9-3-24(4-10-27)30(34)32-26-7-5-25(6-8-26)31-18-21-15-22(19-31)17-23(16-21)20-31/h3-14,21-23H,15-20H2,1-2H3,(H,32,34). The molecule has 7 heteroatoms. The Hall–Kier alpha value is -3.32. The third kappa shape index (κ3) is 4.47. The lowest BCUT2D eigenvalue weighted by Crippen LogP contribution is -2.48. The summed E-state index contributed by atoms with van der Waals surface area (Å²) >= 11 is 0. The van der Waals surface area contributed by atoms with Crippen molar-refractivity contribution >= 4 is 27.3 Å². The van der Waals surface area contributed by atoms with E-state index < -0.39 is 10.0 Å². The number of benzene rings is 3. The van der Waals surface area contributed by atoms with Gasteiger partial charge in [-0.1, -0.05) is 12.1 Å². The summed E-state index contributed by atoms with van der Waals surface area (Å²) in [6.07, 6.45) is 8.24. The van der Waals surface area contributed by atoms with Gasteiger partial charge in [0.2, 0.25) is 0 Å². The van der Waals surface area contributed by atoms with Crippen molar-refractivity contribution in [2.45, 2.75) is 48.8 Å². The van der Waals surface area contributed by atoms with Crippen LogP contribution in [0, 0.1) is 17.8 Å². The molecular weight excluding hydrogens is 496 g/mol. The van der Waals surface area contributed by atoms with Gasteiger partial charge < -0.3 is 10.1 Å². The third-order valence-corrected chi connectivity index (χ3v) is 10.8. The summed E-state index contributed by atoms with van der Waals surface area (Å²) in [5.41, 5.74) is 3.48. The minimum Gasteiger partial charge on any atom is -0.497 e. The molecule has 4 fully saturated rings. The number of sulfonamides is 1. The number of anilines is 2. The highest BCUT2D eigenvalue weighted by Crippen LogP contribution is 2.60. The molecular formula is C31H34N2O4S. The van der Waals surface area contributed by atoms with Gasteiger partial charge in [-0.15, -0.1) is 0 Å². The molecule has 0 atom stereocenters. The smallest absolute Gasteiger partial charge is 0.264 e. The number of rotatable bonds is 7. The molecule has 0 saturated heterocycles. The molecule has 4 bridgehead atoms. The van der Waals surface area contributed by atoms with Crippen LogP contribution in [-0.2, 0) is 15.4 Å². The lowest BCUT2D eigenvalue weighted by Gasteiger charge is -2.57. The summed E-state index contributed by atoms with van der Waals surface area (Å²) < 4.78 is 32.4. The molecule has 0 unspecified atom stereocenters. The number of methoxy groups -OCH3 is 1. The van der Waals surface area contributed by atoms with Gasteiger partial charge in [0.25, 0.3) is 15.9 Å². The lowest BCUT2D eigenvalue weighted by atomic mass is 9.48. The molecule has 0 aromatic heterocycles. The Kier molecular flexibility index (Phi) is 6.22. The number of hydrogen-bond acceptors (Lipinski definition) is 4. The monoisotopic (exact) mass is 530 g/mol. The Labute approximate surface area is 225 Å². The zero-order chi connectivity index (χ0) is 26.5. The highest BCUT2D eigenvalue weighted by Gasteiger charge is 2.51. The fraction of sp³-hybridized carbons (Fsp3) is 0.387. The average Bonchev–Trinajstić information content (AvgIpc) is 2.92. The summed E-state index contributed by atoms with van der Waals surface area (Å²) in [7, 11) is -0.709. The van der Waals surface area contributed by atoms with Crippen molar-refractivity contribution in [3.05, 3.63) is 83.9 Å². The van der Waals surface area contributed by atoms with E-state index in [0.717, 1.165) is 23.4 Å². The van der Waals surface area contributed by atoms with Crippen molar-refractivity contribution in [1.29, 1.82) is 0 Å². The van der Waals surface area contributed by atoms with Gasteiger partial charge in [-0.3, -0.25) is 9.10 Å². The number of ether oxygens (including phenoxy) is 1. The van der Waals surface area contributed by atoms with Gasteiger partial charge in [0.1, 0.15) is 5.75 Å². The molecule has 0 radical (unpaired) electrons. The highest BCUT2D eigenvalue weighted by atomic mass is 32.2. The van der Waals surface area contributed by atoms with E-state index in [1.54, 1.807) is 36.4 Å². The highest BCUT2D eigenvalue weighted by molar-refractivity contribution is 7.92. The second kappa shape index (κ2) is 9.45. The van der Waals surface area contributed by atoms with Crippen LogP contribution in [0.4, 0.5) is 11.4 Å². The maximum Gasteiger partial charge on any atom is 0.264 e. The normalized spacial score (nSPS) is 25.7. The molecule has 0 spiro atoms. The van der Waals surface area contributed by atoms with E-state index in [2.05, 4.69) is 17.4 Å². The first-order valence-corrected chi connectivity index (χ1v) is 14.8. The van der Waals surface area contributed by atoms with Gasteiger partial charge in [-0.2, -0.15) is 0 Å². The Morgan fingerprint density at radius 3 is 1.92 bits per heavy atom. The third-order valence-electron chi connectivity index (χ3n) is 9.00. The Morgan fingerprint density at radius 1 is 0.842 bits per heavy atom. The van der Waals surface area contributed by atoms with Crippen molar-refractivity contribution in [2.75, 3.05) is 23.8 Å². The SMILES string of the molecule is COc1ccc(S(=O)(=O)N(C)c2ccc(C(=O)Nc3ccc(C45CC6CC(CC(C6)C4)C5)cc3)cc2)cc1. The number of amides is 1. The van der Waals surface area contributed by atoms with Crippen molar-refractivity contribution < 1.29 is 17.9 Å². The van der Waals surface area contributed by atoms with Crippen LogP contribution in [0.15, 0.2) is 77.7 Å². The van der Waals surface area contributed by atoms with Gasteiger partial charge in [0.05, 0.1) is 17.7 Å². The van der Waals surface area contributed by atoms with Crippen molar-refractivity contribution in [3.63, 3.8) is 0 Å². The second-order valence-electron chi connectivity index (χ2n) is 11.4.